The highest BCUT2D eigenvalue weighted by Gasteiger charge is 2.19. The van der Waals surface area contributed by atoms with Crippen molar-refractivity contribution in [2.75, 3.05) is 32.8 Å². The highest BCUT2D eigenvalue weighted by molar-refractivity contribution is 6.31. The van der Waals surface area contributed by atoms with Gasteiger partial charge >= 0.3 is 0 Å². The summed E-state index contributed by atoms with van der Waals surface area (Å²) in [4.78, 5) is 1.55. The molecular weight excluding hydrogens is 334 g/mol. The zero-order valence-corrected chi connectivity index (χ0v) is 15.4. The lowest BCUT2D eigenvalue weighted by Gasteiger charge is -2.30. The third kappa shape index (κ3) is 4.97. The molecule has 1 heterocycles. The SMILES string of the molecule is CCOc1ccccc1/C=N/N1CC[NH+](Cc2ccccc2Cl)CC1. The van der Waals surface area contributed by atoms with E-state index in [1.54, 1.807) is 4.90 Å². The van der Waals surface area contributed by atoms with Crippen LogP contribution in [0.2, 0.25) is 5.02 Å². The van der Waals surface area contributed by atoms with E-state index in [1.165, 1.54) is 5.56 Å². The molecule has 0 spiro atoms. The first-order valence-corrected chi connectivity index (χ1v) is 9.22. The molecule has 5 heteroatoms. The van der Waals surface area contributed by atoms with Crippen LogP contribution in [0, 0.1) is 0 Å². The summed E-state index contributed by atoms with van der Waals surface area (Å²) in [5, 5.41) is 7.65. The first-order chi connectivity index (χ1) is 12.3. The number of benzene rings is 2. The molecule has 2 aromatic rings. The molecule has 1 aliphatic rings. The summed E-state index contributed by atoms with van der Waals surface area (Å²) in [6, 6.07) is 16.1. The van der Waals surface area contributed by atoms with E-state index < -0.39 is 0 Å². The Bertz CT molecular complexity index is 712. The summed E-state index contributed by atoms with van der Waals surface area (Å²) in [6.07, 6.45) is 1.91. The highest BCUT2D eigenvalue weighted by Crippen LogP contribution is 2.16. The molecule has 3 rings (SSSR count). The van der Waals surface area contributed by atoms with Crippen molar-refractivity contribution >= 4 is 17.8 Å². The van der Waals surface area contributed by atoms with Crippen LogP contribution < -0.4 is 9.64 Å². The van der Waals surface area contributed by atoms with Gasteiger partial charge in [0, 0.05) is 16.1 Å². The van der Waals surface area contributed by atoms with Crippen LogP contribution in [0.15, 0.2) is 53.6 Å². The van der Waals surface area contributed by atoms with Crippen molar-refractivity contribution < 1.29 is 9.64 Å². The Labute approximate surface area is 154 Å². The predicted octanol–water partition coefficient (Wildman–Crippen LogP) is 2.47. The molecule has 0 amide bonds. The molecule has 0 saturated carbocycles. The van der Waals surface area contributed by atoms with Crippen molar-refractivity contribution in [2.45, 2.75) is 13.5 Å². The first kappa shape index (κ1) is 17.8. The second-order valence-corrected chi connectivity index (χ2v) is 6.59. The maximum Gasteiger partial charge on any atom is 0.128 e. The Balaban J connectivity index is 1.53. The third-order valence-corrected chi connectivity index (χ3v) is 4.79. The fourth-order valence-electron chi connectivity index (χ4n) is 3.03. The lowest BCUT2D eigenvalue weighted by Crippen LogP contribution is -3.13. The number of ether oxygens (including phenoxy) is 1. The number of piperazine rings is 1. The van der Waals surface area contributed by atoms with Gasteiger partial charge in [0.1, 0.15) is 12.3 Å². The van der Waals surface area contributed by atoms with Gasteiger partial charge in [-0.25, -0.2) is 0 Å². The zero-order valence-electron chi connectivity index (χ0n) is 14.6. The number of halogens is 1. The molecule has 132 valence electrons. The van der Waals surface area contributed by atoms with Crippen LogP contribution in [0.1, 0.15) is 18.1 Å². The maximum absolute atomic E-state index is 6.27. The number of para-hydroxylation sites is 1. The minimum absolute atomic E-state index is 0.662. The minimum atomic E-state index is 0.662. The second-order valence-electron chi connectivity index (χ2n) is 6.19. The van der Waals surface area contributed by atoms with Gasteiger partial charge in [0.25, 0.3) is 0 Å². The molecule has 1 aliphatic heterocycles. The quantitative estimate of drug-likeness (QED) is 0.804. The van der Waals surface area contributed by atoms with Crippen molar-refractivity contribution in [1.82, 2.24) is 5.01 Å². The van der Waals surface area contributed by atoms with E-state index in [9.17, 15) is 0 Å². The molecule has 1 N–H and O–H groups in total. The van der Waals surface area contributed by atoms with Gasteiger partial charge in [-0.2, -0.15) is 5.10 Å². The average molecular weight is 359 g/mol. The van der Waals surface area contributed by atoms with E-state index >= 15 is 0 Å². The van der Waals surface area contributed by atoms with Gasteiger partial charge in [-0.1, -0.05) is 41.9 Å². The number of rotatable bonds is 6. The third-order valence-electron chi connectivity index (χ3n) is 4.42. The maximum atomic E-state index is 6.27. The smallest absolute Gasteiger partial charge is 0.128 e. The van der Waals surface area contributed by atoms with Crippen LogP contribution in [-0.2, 0) is 6.54 Å². The Morgan fingerprint density at radius 2 is 1.84 bits per heavy atom. The van der Waals surface area contributed by atoms with Crippen LogP contribution in [0.5, 0.6) is 5.75 Å². The van der Waals surface area contributed by atoms with Crippen LogP contribution in [-0.4, -0.2) is 44.0 Å². The summed E-state index contributed by atoms with van der Waals surface area (Å²) in [5.74, 6) is 0.886. The van der Waals surface area contributed by atoms with Crippen molar-refractivity contribution in [3.8, 4) is 5.75 Å². The molecule has 0 aromatic heterocycles. The Kier molecular flexibility index (Phi) is 6.31. The van der Waals surface area contributed by atoms with Gasteiger partial charge in [0.05, 0.1) is 39.0 Å². The predicted molar refractivity (Wildman–Crippen MR) is 103 cm³/mol. The Hall–Kier alpha value is -2.04. The lowest BCUT2D eigenvalue weighted by molar-refractivity contribution is -0.918. The number of nitrogens with zero attached hydrogens (tertiary/aromatic N) is 2. The lowest BCUT2D eigenvalue weighted by atomic mass is 10.2. The molecule has 0 radical (unpaired) electrons. The van der Waals surface area contributed by atoms with E-state index in [2.05, 4.69) is 22.2 Å². The standard InChI is InChI=1S/C20H24ClN3O/c1-2-25-20-10-6-4-7-17(20)15-22-24-13-11-23(12-14-24)16-18-8-3-5-9-19(18)21/h3-10,15H,2,11-14,16H2,1H3/p+1/b22-15+. The van der Waals surface area contributed by atoms with E-state index in [0.717, 1.165) is 49.1 Å². The van der Waals surface area contributed by atoms with Crippen LogP contribution in [0.4, 0.5) is 0 Å². The number of hydrazone groups is 1. The van der Waals surface area contributed by atoms with E-state index in [-0.39, 0.29) is 0 Å². The molecule has 0 aliphatic carbocycles. The highest BCUT2D eigenvalue weighted by atomic mass is 35.5. The van der Waals surface area contributed by atoms with Gasteiger partial charge < -0.3 is 9.64 Å². The summed E-state index contributed by atoms with van der Waals surface area (Å²) in [6.45, 7) is 7.67. The van der Waals surface area contributed by atoms with Crippen molar-refractivity contribution in [2.24, 2.45) is 5.10 Å². The molecular formula is C20H25ClN3O+. The van der Waals surface area contributed by atoms with Crippen LogP contribution in [0.25, 0.3) is 0 Å². The molecule has 1 saturated heterocycles. The molecule has 0 atom stereocenters. The van der Waals surface area contributed by atoms with Crippen molar-refractivity contribution in [1.29, 1.82) is 0 Å². The Morgan fingerprint density at radius 3 is 2.60 bits per heavy atom. The number of hydrogen-bond donors (Lipinski definition) is 1. The minimum Gasteiger partial charge on any atom is -0.493 e. The van der Waals surface area contributed by atoms with E-state index in [4.69, 9.17) is 16.3 Å². The first-order valence-electron chi connectivity index (χ1n) is 8.84. The van der Waals surface area contributed by atoms with Gasteiger partial charge in [-0.3, -0.25) is 5.01 Å². The number of quaternary nitrogens is 1. The summed E-state index contributed by atoms with van der Waals surface area (Å²) >= 11 is 6.27. The largest absolute Gasteiger partial charge is 0.493 e. The van der Waals surface area contributed by atoms with Crippen LogP contribution in [0.3, 0.4) is 0 Å². The number of hydrogen-bond acceptors (Lipinski definition) is 3. The number of nitrogens with one attached hydrogen (secondary N) is 1. The molecule has 0 bridgehead atoms. The molecule has 4 nitrogen and oxygen atoms in total. The molecule has 1 fully saturated rings. The van der Waals surface area contributed by atoms with Crippen molar-refractivity contribution in [3.63, 3.8) is 0 Å². The van der Waals surface area contributed by atoms with Gasteiger partial charge in [-0.15, -0.1) is 0 Å². The second kappa shape index (κ2) is 8.88. The van der Waals surface area contributed by atoms with E-state index in [1.807, 2.05) is 49.5 Å². The molecule has 2 aromatic carbocycles. The average Bonchev–Trinajstić information content (AvgIpc) is 2.64. The topological polar surface area (TPSA) is 29.3 Å². The van der Waals surface area contributed by atoms with Crippen molar-refractivity contribution in [3.05, 3.63) is 64.7 Å². The van der Waals surface area contributed by atoms with Gasteiger partial charge in [0.2, 0.25) is 0 Å². The molecule has 0 unspecified atom stereocenters. The summed E-state index contributed by atoms with van der Waals surface area (Å²) in [7, 11) is 0. The van der Waals surface area contributed by atoms with Gasteiger partial charge in [-0.05, 0) is 25.1 Å². The van der Waals surface area contributed by atoms with Crippen LogP contribution >= 0.6 is 11.6 Å². The molecule has 25 heavy (non-hydrogen) atoms. The Morgan fingerprint density at radius 1 is 1.12 bits per heavy atom. The fourth-order valence-corrected chi connectivity index (χ4v) is 3.24. The monoisotopic (exact) mass is 358 g/mol. The summed E-state index contributed by atoms with van der Waals surface area (Å²) in [5.41, 5.74) is 2.25. The van der Waals surface area contributed by atoms with Gasteiger partial charge in [0.15, 0.2) is 0 Å². The summed E-state index contributed by atoms with van der Waals surface area (Å²) < 4.78 is 5.65. The zero-order chi connectivity index (χ0) is 17.5. The fraction of sp³-hybridized carbons (Fsp3) is 0.350. The normalized spacial score (nSPS) is 15.7. The van der Waals surface area contributed by atoms with E-state index in [0.29, 0.717) is 6.61 Å².